The zero-order valence-electron chi connectivity index (χ0n) is 14.9. The van der Waals surface area contributed by atoms with Crippen molar-refractivity contribution in [2.75, 3.05) is 6.61 Å². The van der Waals surface area contributed by atoms with Gasteiger partial charge in [0.2, 0.25) is 0 Å². The second-order valence-corrected chi connectivity index (χ2v) is 5.61. The average molecular weight is 336 g/mol. The Balaban J connectivity index is 2.83. The van der Waals surface area contributed by atoms with Crippen LogP contribution in [-0.2, 0) is 9.59 Å². The molecule has 134 valence electrons. The lowest BCUT2D eigenvalue weighted by atomic mass is 10.2. The normalized spacial score (nSPS) is 10.3. The number of ether oxygens (including phenoxy) is 3. The van der Waals surface area contributed by atoms with Gasteiger partial charge in [-0.05, 0) is 31.4 Å². The maximum atomic E-state index is 11.8. The van der Waals surface area contributed by atoms with Crippen molar-refractivity contribution in [3.63, 3.8) is 0 Å². The van der Waals surface area contributed by atoms with E-state index < -0.39 is 0 Å². The highest BCUT2D eigenvalue weighted by Gasteiger charge is 2.14. The van der Waals surface area contributed by atoms with E-state index in [1.165, 1.54) is 0 Å². The fraction of sp³-hybridized carbons (Fsp3) is 0.579. The fourth-order valence-electron chi connectivity index (χ4n) is 2.04. The molecule has 5 heteroatoms. The molecule has 0 radical (unpaired) electrons. The molecule has 0 N–H and O–H groups in total. The van der Waals surface area contributed by atoms with Crippen LogP contribution in [0.5, 0.6) is 17.2 Å². The highest BCUT2D eigenvalue weighted by atomic mass is 16.6. The first-order valence-corrected chi connectivity index (χ1v) is 8.78. The van der Waals surface area contributed by atoms with Crippen LogP contribution in [0.25, 0.3) is 0 Å². The molecular formula is C19H28O5. The van der Waals surface area contributed by atoms with Crippen molar-refractivity contribution in [2.24, 2.45) is 0 Å². The summed E-state index contributed by atoms with van der Waals surface area (Å²) < 4.78 is 16.3. The molecule has 0 aliphatic rings. The molecule has 1 aromatic carbocycles. The van der Waals surface area contributed by atoms with E-state index in [9.17, 15) is 9.59 Å². The molecule has 0 aliphatic heterocycles. The molecule has 0 aromatic heterocycles. The number of rotatable bonds is 11. The molecular weight excluding hydrogens is 308 g/mol. The summed E-state index contributed by atoms with van der Waals surface area (Å²) in [7, 11) is 0. The fourth-order valence-corrected chi connectivity index (χ4v) is 2.04. The summed E-state index contributed by atoms with van der Waals surface area (Å²) in [4.78, 5) is 23.5. The topological polar surface area (TPSA) is 61.8 Å². The van der Waals surface area contributed by atoms with E-state index in [0.29, 0.717) is 38.0 Å². The van der Waals surface area contributed by atoms with Crippen molar-refractivity contribution in [3.8, 4) is 17.2 Å². The largest absolute Gasteiger partial charge is 0.493 e. The van der Waals surface area contributed by atoms with Crippen LogP contribution in [0, 0.1) is 0 Å². The third-order valence-electron chi connectivity index (χ3n) is 3.29. The molecule has 1 rings (SSSR count). The van der Waals surface area contributed by atoms with Crippen LogP contribution in [0.15, 0.2) is 18.2 Å². The first kappa shape index (κ1) is 20.0. The van der Waals surface area contributed by atoms with Crippen molar-refractivity contribution in [1.82, 2.24) is 0 Å². The maximum Gasteiger partial charge on any atom is 0.311 e. The molecule has 0 atom stereocenters. The number of carbonyl (C=O) groups is 2. The Labute approximate surface area is 144 Å². The van der Waals surface area contributed by atoms with Crippen molar-refractivity contribution in [2.45, 2.75) is 65.7 Å². The molecule has 0 bridgehead atoms. The minimum absolute atomic E-state index is 0.228. The lowest BCUT2D eigenvalue weighted by molar-refractivity contribution is -0.137. The van der Waals surface area contributed by atoms with Gasteiger partial charge in [-0.1, -0.05) is 33.6 Å². The van der Waals surface area contributed by atoms with Crippen LogP contribution in [0.3, 0.4) is 0 Å². The van der Waals surface area contributed by atoms with Gasteiger partial charge >= 0.3 is 11.9 Å². The van der Waals surface area contributed by atoms with E-state index in [0.717, 1.165) is 19.3 Å². The Morgan fingerprint density at radius 3 is 2.04 bits per heavy atom. The van der Waals surface area contributed by atoms with E-state index in [2.05, 4.69) is 6.92 Å². The number of carbonyl (C=O) groups excluding carboxylic acids is 2. The molecule has 0 saturated heterocycles. The van der Waals surface area contributed by atoms with Crippen molar-refractivity contribution in [3.05, 3.63) is 18.2 Å². The Bertz CT molecular complexity index is 524. The highest BCUT2D eigenvalue weighted by molar-refractivity contribution is 5.76. The molecule has 0 aliphatic carbocycles. The number of esters is 2. The summed E-state index contributed by atoms with van der Waals surface area (Å²) in [5, 5.41) is 0. The lowest BCUT2D eigenvalue weighted by Gasteiger charge is -2.13. The van der Waals surface area contributed by atoms with Gasteiger partial charge in [-0.2, -0.15) is 0 Å². The number of hydrogen-bond donors (Lipinski definition) is 0. The zero-order valence-corrected chi connectivity index (χ0v) is 14.9. The van der Waals surface area contributed by atoms with Gasteiger partial charge < -0.3 is 14.2 Å². The molecule has 0 spiro atoms. The molecule has 24 heavy (non-hydrogen) atoms. The molecule has 0 saturated carbocycles. The van der Waals surface area contributed by atoms with Crippen LogP contribution in [0.2, 0.25) is 0 Å². The molecule has 0 amide bonds. The Morgan fingerprint density at radius 1 is 0.833 bits per heavy atom. The van der Waals surface area contributed by atoms with E-state index >= 15 is 0 Å². The predicted molar refractivity (Wildman–Crippen MR) is 92.5 cm³/mol. The summed E-state index contributed by atoms with van der Waals surface area (Å²) in [6.07, 6.45) is 5.20. The Morgan fingerprint density at radius 2 is 1.46 bits per heavy atom. The van der Waals surface area contributed by atoms with Crippen LogP contribution in [0.1, 0.15) is 65.7 Å². The first-order valence-electron chi connectivity index (χ1n) is 8.78. The first-order chi connectivity index (χ1) is 11.6. The van der Waals surface area contributed by atoms with Crippen molar-refractivity contribution >= 4 is 11.9 Å². The highest BCUT2D eigenvalue weighted by Crippen LogP contribution is 2.32. The van der Waals surface area contributed by atoms with E-state index in [1.807, 2.05) is 13.8 Å². The summed E-state index contributed by atoms with van der Waals surface area (Å²) in [6.45, 7) is 6.53. The quantitative estimate of drug-likeness (QED) is 0.334. The molecule has 0 heterocycles. The third-order valence-corrected chi connectivity index (χ3v) is 3.29. The van der Waals surface area contributed by atoms with Crippen molar-refractivity contribution in [1.29, 1.82) is 0 Å². The summed E-state index contributed by atoms with van der Waals surface area (Å²) in [5.74, 6) is 0.376. The SMILES string of the molecule is CCCCCOc1ccc(OC(=O)CCC)c(OC(=O)CCC)c1. The maximum absolute atomic E-state index is 11.8. The number of benzene rings is 1. The van der Waals surface area contributed by atoms with Gasteiger partial charge in [0.05, 0.1) is 6.61 Å². The minimum Gasteiger partial charge on any atom is -0.493 e. The predicted octanol–water partition coefficient (Wildman–Crippen LogP) is 4.67. The van der Waals surface area contributed by atoms with Crippen LogP contribution >= 0.6 is 0 Å². The lowest BCUT2D eigenvalue weighted by Crippen LogP contribution is -2.11. The van der Waals surface area contributed by atoms with Crippen LogP contribution in [-0.4, -0.2) is 18.5 Å². The van der Waals surface area contributed by atoms with E-state index in [1.54, 1.807) is 18.2 Å². The summed E-state index contributed by atoms with van der Waals surface area (Å²) in [5.41, 5.74) is 0. The van der Waals surface area contributed by atoms with E-state index in [-0.39, 0.29) is 23.4 Å². The van der Waals surface area contributed by atoms with Gasteiger partial charge in [0.25, 0.3) is 0 Å². The van der Waals surface area contributed by atoms with Gasteiger partial charge in [0.1, 0.15) is 5.75 Å². The Kier molecular flexibility index (Phi) is 9.58. The standard InChI is InChI=1S/C19H28O5/c1-4-7-8-13-22-15-11-12-16(23-18(20)9-5-2)17(14-15)24-19(21)10-6-3/h11-12,14H,4-10,13H2,1-3H3. The van der Waals surface area contributed by atoms with Gasteiger partial charge in [-0.25, -0.2) is 0 Å². The monoisotopic (exact) mass is 336 g/mol. The van der Waals surface area contributed by atoms with Gasteiger partial charge in [0.15, 0.2) is 11.5 Å². The third kappa shape index (κ3) is 7.49. The molecule has 5 nitrogen and oxygen atoms in total. The smallest absolute Gasteiger partial charge is 0.311 e. The zero-order chi connectivity index (χ0) is 17.8. The van der Waals surface area contributed by atoms with Gasteiger partial charge in [-0.3, -0.25) is 9.59 Å². The Hall–Kier alpha value is -2.04. The molecule has 0 unspecified atom stereocenters. The minimum atomic E-state index is -0.353. The van der Waals surface area contributed by atoms with Gasteiger partial charge in [0, 0.05) is 18.9 Å². The second-order valence-electron chi connectivity index (χ2n) is 5.61. The molecule has 0 fully saturated rings. The number of hydrogen-bond acceptors (Lipinski definition) is 5. The van der Waals surface area contributed by atoms with Crippen LogP contribution < -0.4 is 14.2 Å². The second kappa shape index (κ2) is 11.5. The number of unbranched alkanes of at least 4 members (excludes halogenated alkanes) is 2. The van der Waals surface area contributed by atoms with E-state index in [4.69, 9.17) is 14.2 Å². The van der Waals surface area contributed by atoms with Gasteiger partial charge in [-0.15, -0.1) is 0 Å². The van der Waals surface area contributed by atoms with Crippen molar-refractivity contribution < 1.29 is 23.8 Å². The average Bonchev–Trinajstić information content (AvgIpc) is 2.54. The van der Waals surface area contributed by atoms with Crippen LogP contribution in [0.4, 0.5) is 0 Å². The summed E-state index contributed by atoms with van der Waals surface area (Å²) >= 11 is 0. The summed E-state index contributed by atoms with van der Waals surface area (Å²) in [6, 6.07) is 4.93. The molecule has 1 aromatic rings.